The topological polar surface area (TPSA) is 49.3 Å². The lowest BCUT2D eigenvalue weighted by atomic mass is 10.1. The smallest absolute Gasteiger partial charge is 0.225 e. The molecule has 0 radical (unpaired) electrons. The zero-order valence-corrected chi connectivity index (χ0v) is 10.1. The Hall–Kier alpha value is -1.68. The molecule has 0 unspecified atom stereocenters. The predicted octanol–water partition coefficient (Wildman–Crippen LogP) is 2.80. The van der Waals surface area contributed by atoms with Crippen molar-refractivity contribution in [2.45, 2.75) is 6.42 Å². The fraction of sp³-hybridized carbons (Fsp3) is 0.154. The van der Waals surface area contributed by atoms with Crippen molar-refractivity contribution < 1.29 is 9.90 Å². The number of benzene rings is 2. The molecule has 0 aromatic heterocycles. The van der Waals surface area contributed by atoms with Crippen LogP contribution in [0.4, 0.5) is 5.69 Å². The summed E-state index contributed by atoms with van der Waals surface area (Å²) in [5, 5.41) is 14.1. The highest BCUT2D eigenvalue weighted by molar-refractivity contribution is 7.80. The Labute approximate surface area is 105 Å². The number of rotatable bonds is 3. The van der Waals surface area contributed by atoms with E-state index >= 15 is 0 Å². The van der Waals surface area contributed by atoms with Crippen molar-refractivity contribution in [3.8, 4) is 5.75 Å². The van der Waals surface area contributed by atoms with Crippen LogP contribution in [0.25, 0.3) is 10.8 Å². The van der Waals surface area contributed by atoms with Gasteiger partial charge in [0.1, 0.15) is 5.75 Å². The van der Waals surface area contributed by atoms with Crippen LogP contribution in [-0.2, 0) is 4.79 Å². The summed E-state index contributed by atoms with van der Waals surface area (Å²) in [7, 11) is 0. The minimum Gasteiger partial charge on any atom is -0.507 e. The molecule has 0 aliphatic carbocycles. The SMILES string of the molecule is O=C(CCS)Nc1ccc2c(O)cccc2c1. The van der Waals surface area contributed by atoms with Crippen LogP contribution >= 0.6 is 12.6 Å². The molecule has 0 fully saturated rings. The Morgan fingerprint density at radius 1 is 1.29 bits per heavy atom. The van der Waals surface area contributed by atoms with Crippen LogP contribution in [0.5, 0.6) is 5.75 Å². The van der Waals surface area contributed by atoms with Gasteiger partial charge in [-0.25, -0.2) is 0 Å². The quantitative estimate of drug-likeness (QED) is 0.730. The highest BCUT2D eigenvalue weighted by Gasteiger charge is 2.03. The number of phenols is 1. The van der Waals surface area contributed by atoms with E-state index in [0.717, 1.165) is 16.5 Å². The highest BCUT2D eigenvalue weighted by atomic mass is 32.1. The summed E-state index contributed by atoms with van der Waals surface area (Å²) in [5.41, 5.74) is 0.731. The van der Waals surface area contributed by atoms with Gasteiger partial charge in [-0.3, -0.25) is 4.79 Å². The van der Waals surface area contributed by atoms with Gasteiger partial charge in [-0.05, 0) is 35.4 Å². The molecule has 0 heterocycles. The molecule has 17 heavy (non-hydrogen) atoms. The van der Waals surface area contributed by atoms with Crippen LogP contribution in [-0.4, -0.2) is 16.8 Å². The maximum absolute atomic E-state index is 11.4. The molecule has 2 rings (SSSR count). The van der Waals surface area contributed by atoms with E-state index in [1.165, 1.54) is 0 Å². The van der Waals surface area contributed by atoms with Crippen molar-refractivity contribution in [1.82, 2.24) is 0 Å². The summed E-state index contributed by atoms with van der Waals surface area (Å²) in [4.78, 5) is 11.4. The number of amides is 1. The monoisotopic (exact) mass is 247 g/mol. The largest absolute Gasteiger partial charge is 0.507 e. The molecule has 2 aromatic carbocycles. The van der Waals surface area contributed by atoms with E-state index < -0.39 is 0 Å². The van der Waals surface area contributed by atoms with Crippen molar-refractivity contribution in [2.24, 2.45) is 0 Å². The molecule has 3 nitrogen and oxygen atoms in total. The Kier molecular flexibility index (Phi) is 3.54. The maximum Gasteiger partial charge on any atom is 0.225 e. The van der Waals surface area contributed by atoms with Gasteiger partial charge in [0.2, 0.25) is 5.91 Å². The molecule has 4 heteroatoms. The third-order valence-electron chi connectivity index (χ3n) is 2.48. The number of anilines is 1. The molecule has 2 N–H and O–H groups in total. The van der Waals surface area contributed by atoms with Crippen LogP contribution < -0.4 is 5.32 Å². The highest BCUT2D eigenvalue weighted by Crippen LogP contribution is 2.26. The zero-order valence-electron chi connectivity index (χ0n) is 9.18. The van der Waals surface area contributed by atoms with Crippen LogP contribution in [0.15, 0.2) is 36.4 Å². The Balaban J connectivity index is 2.29. The second-order valence-corrected chi connectivity index (χ2v) is 4.18. The van der Waals surface area contributed by atoms with Gasteiger partial charge in [-0.2, -0.15) is 12.6 Å². The molecule has 0 saturated heterocycles. The van der Waals surface area contributed by atoms with Gasteiger partial charge in [0.25, 0.3) is 0 Å². The lowest BCUT2D eigenvalue weighted by molar-refractivity contribution is -0.115. The second kappa shape index (κ2) is 5.10. The summed E-state index contributed by atoms with van der Waals surface area (Å²) in [6.07, 6.45) is 0.390. The Morgan fingerprint density at radius 2 is 2.12 bits per heavy atom. The minimum absolute atomic E-state index is 0.0560. The number of aromatic hydroxyl groups is 1. The fourth-order valence-corrected chi connectivity index (χ4v) is 1.87. The first-order valence-electron chi connectivity index (χ1n) is 5.33. The maximum atomic E-state index is 11.4. The number of carbonyl (C=O) groups excluding carboxylic acids is 1. The van der Waals surface area contributed by atoms with Gasteiger partial charge in [0.05, 0.1) is 0 Å². The first-order chi connectivity index (χ1) is 8.20. The molecule has 0 aliphatic heterocycles. The number of phenolic OH excluding ortho intramolecular Hbond substituents is 1. The van der Waals surface area contributed by atoms with Gasteiger partial charge < -0.3 is 10.4 Å². The molecule has 0 spiro atoms. The van der Waals surface area contributed by atoms with Gasteiger partial charge in [-0.1, -0.05) is 12.1 Å². The van der Waals surface area contributed by atoms with E-state index in [2.05, 4.69) is 17.9 Å². The molecule has 0 bridgehead atoms. The standard InChI is InChI=1S/C13H13NO2S/c15-12-3-1-2-9-8-10(4-5-11(9)12)14-13(16)6-7-17/h1-5,8,15,17H,6-7H2,(H,14,16). The third kappa shape index (κ3) is 2.71. The van der Waals surface area contributed by atoms with Gasteiger partial charge >= 0.3 is 0 Å². The van der Waals surface area contributed by atoms with Crippen LogP contribution in [0.2, 0.25) is 0 Å². The molecule has 0 aliphatic rings. The van der Waals surface area contributed by atoms with E-state index in [0.29, 0.717) is 12.2 Å². The molecule has 0 atom stereocenters. The van der Waals surface area contributed by atoms with Crippen LogP contribution in [0, 0.1) is 0 Å². The van der Waals surface area contributed by atoms with E-state index in [9.17, 15) is 9.90 Å². The van der Waals surface area contributed by atoms with E-state index in [4.69, 9.17) is 0 Å². The van der Waals surface area contributed by atoms with Crippen molar-refractivity contribution in [2.75, 3.05) is 11.1 Å². The summed E-state index contributed by atoms with van der Waals surface area (Å²) < 4.78 is 0. The molecule has 2 aromatic rings. The first kappa shape index (κ1) is 11.8. The molecule has 1 amide bonds. The summed E-state index contributed by atoms with van der Waals surface area (Å²) in [5.74, 6) is 0.718. The summed E-state index contributed by atoms with van der Waals surface area (Å²) >= 11 is 4.00. The number of fused-ring (bicyclic) bond motifs is 1. The van der Waals surface area contributed by atoms with Crippen molar-refractivity contribution in [1.29, 1.82) is 0 Å². The fourth-order valence-electron chi connectivity index (χ4n) is 1.67. The normalized spacial score (nSPS) is 10.4. The van der Waals surface area contributed by atoms with Crippen molar-refractivity contribution in [3.05, 3.63) is 36.4 Å². The number of hydrogen-bond donors (Lipinski definition) is 3. The number of thiol groups is 1. The first-order valence-corrected chi connectivity index (χ1v) is 5.96. The Bertz CT molecular complexity index is 554. The summed E-state index contributed by atoms with van der Waals surface area (Å²) in [6, 6.07) is 10.7. The molecular formula is C13H13NO2S. The molecular weight excluding hydrogens is 234 g/mol. The van der Waals surface area contributed by atoms with Crippen molar-refractivity contribution >= 4 is 35.0 Å². The predicted molar refractivity (Wildman–Crippen MR) is 72.7 cm³/mol. The van der Waals surface area contributed by atoms with Crippen LogP contribution in [0.3, 0.4) is 0 Å². The lowest BCUT2D eigenvalue weighted by Crippen LogP contribution is -2.11. The van der Waals surface area contributed by atoms with E-state index in [-0.39, 0.29) is 11.7 Å². The van der Waals surface area contributed by atoms with Crippen LogP contribution in [0.1, 0.15) is 6.42 Å². The molecule has 88 valence electrons. The average molecular weight is 247 g/mol. The van der Waals surface area contributed by atoms with E-state index in [1.54, 1.807) is 24.3 Å². The average Bonchev–Trinajstić information content (AvgIpc) is 2.29. The Morgan fingerprint density at radius 3 is 2.88 bits per heavy atom. The number of nitrogens with one attached hydrogen (secondary N) is 1. The second-order valence-electron chi connectivity index (χ2n) is 3.73. The van der Waals surface area contributed by atoms with Gasteiger partial charge in [-0.15, -0.1) is 0 Å². The minimum atomic E-state index is -0.0560. The van der Waals surface area contributed by atoms with Gasteiger partial charge in [0.15, 0.2) is 0 Å². The number of carbonyl (C=O) groups is 1. The number of hydrogen-bond acceptors (Lipinski definition) is 3. The lowest BCUT2D eigenvalue weighted by Gasteiger charge is -2.06. The zero-order chi connectivity index (χ0) is 12.3. The van der Waals surface area contributed by atoms with Gasteiger partial charge in [0, 0.05) is 17.5 Å². The molecule has 0 saturated carbocycles. The summed E-state index contributed by atoms with van der Waals surface area (Å²) in [6.45, 7) is 0. The van der Waals surface area contributed by atoms with E-state index in [1.807, 2.05) is 12.1 Å². The third-order valence-corrected chi connectivity index (χ3v) is 2.70. The van der Waals surface area contributed by atoms with Crippen molar-refractivity contribution in [3.63, 3.8) is 0 Å².